The van der Waals surface area contributed by atoms with Gasteiger partial charge in [0.2, 0.25) is 5.91 Å². The molecular formula is C16H22N2O2. The Morgan fingerprint density at radius 1 is 1.45 bits per heavy atom. The first-order valence-electron chi connectivity index (χ1n) is 7.56. The number of phenolic OH excluding ortho intramolecular Hbond substituents is 1. The first kappa shape index (κ1) is 13.4. The molecule has 0 unspecified atom stereocenters. The second-order valence-corrected chi connectivity index (χ2v) is 5.73. The fourth-order valence-corrected chi connectivity index (χ4v) is 3.08. The fourth-order valence-electron chi connectivity index (χ4n) is 3.08. The van der Waals surface area contributed by atoms with Crippen LogP contribution in [0.3, 0.4) is 0 Å². The van der Waals surface area contributed by atoms with Gasteiger partial charge in [0, 0.05) is 12.6 Å². The maximum absolute atomic E-state index is 12.6. The smallest absolute Gasteiger partial charge is 0.241 e. The zero-order chi connectivity index (χ0) is 14.1. The number of likely N-dealkylation sites (N-methyl/N-ethyl adjacent to an activating group) is 1. The summed E-state index contributed by atoms with van der Waals surface area (Å²) in [4.78, 5) is 16.6. The molecule has 4 heteroatoms. The van der Waals surface area contributed by atoms with Crippen LogP contribution in [-0.4, -0.2) is 41.6 Å². The molecule has 4 nitrogen and oxygen atoms in total. The van der Waals surface area contributed by atoms with Crippen molar-refractivity contribution in [2.75, 3.05) is 24.5 Å². The van der Waals surface area contributed by atoms with Gasteiger partial charge in [0.05, 0.1) is 12.2 Å². The molecule has 0 radical (unpaired) electrons. The van der Waals surface area contributed by atoms with Gasteiger partial charge < -0.3 is 10.0 Å². The van der Waals surface area contributed by atoms with Crippen molar-refractivity contribution >= 4 is 11.6 Å². The Morgan fingerprint density at radius 3 is 2.95 bits per heavy atom. The fraction of sp³-hybridized carbons (Fsp3) is 0.562. The number of benzene rings is 1. The average molecular weight is 274 g/mol. The van der Waals surface area contributed by atoms with Crippen molar-refractivity contribution < 1.29 is 9.90 Å². The Bertz CT molecular complexity index is 511. The predicted octanol–water partition coefficient (Wildman–Crippen LogP) is 2.16. The van der Waals surface area contributed by atoms with Crippen LogP contribution in [0.5, 0.6) is 5.75 Å². The lowest BCUT2D eigenvalue weighted by atomic mass is 10.0. The van der Waals surface area contributed by atoms with Crippen molar-refractivity contribution in [1.29, 1.82) is 0 Å². The van der Waals surface area contributed by atoms with Crippen LogP contribution in [0.4, 0.5) is 5.69 Å². The molecule has 0 atom stereocenters. The number of fused-ring (bicyclic) bond motifs is 1. The van der Waals surface area contributed by atoms with Gasteiger partial charge in [-0.3, -0.25) is 9.69 Å². The molecule has 1 heterocycles. The number of carbonyl (C=O) groups excluding carboxylic acids is 1. The van der Waals surface area contributed by atoms with E-state index < -0.39 is 0 Å². The van der Waals surface area contributed by atoms with Crippen molar-refractivity contribution in [3.8, 4) is 5.75 Å². The van der Waals surface area contributed by atoms with Gasteiger partial charge in [-0.05, 0) is 43.9 Å². The topological polar surface area (TPSA) is 43.8 Å². The SMILES string of the molecule is CCN(CC(=O)N1CCCc2cccc(O)c21)C1CC1. The first-order chi connectivity index (χ1) is 9.70. The lowest BCUT2D eigenvalue weighted by molar-refractivity contribution is -0.120. The second kappa shape index (κ2) is 5.44. The van der Waals surface area contributed by atoms with E-state index in [9.17, 15) is 9.90 Å². The number of amides is 1. The third-order valence-electron chi connectivity index (χ3n) is 4.30. The van der Waals surface area contributed by atoms with Crippen LogP contribution in [0.2, 0.25) is 0 Å². The number of anilines is 1. The summed E-state index contributed by atoms with van der Waals surface area (Å²) in [6.45, 7) is 4.20. The molecule has 1 aliphatic carbocycles. The van der Waals surface area contributed by atoms with Crippen molar-refractivity contribution in [3.05, 3.63) is 23.8 Å². The molecular weight excluding hydrogens is 252 g/mol. The third-order valence-corrected chi connectivity index (χ3v) is 4.30. The number of rotatable bonds is 4. The lowest BCUT2D eigenvalue weighted by Gasteiger charge is -2.32. The van der Waals surface area contributed by atoms with E-state index in [2.05, 4.69) is 11.8 Å². The summed E-state index contributed by atoms with van der Waals surface area (Å²) in [7, 11) is 0. The number of aromatic hydroxyl groups is 1. The summed E-state index contributed by atoms with van der Waals surface area (Å²) in [5.74, 6) is 0.339. The molecule has 0 aromatic heterocycles. The molecule has 1 aliphatic heterocycles. The van der Waals surface area contributed by atoms with Crippen LogP contribution in [0.1, 0.15) is 31.7 Å². The van der Waals surface area contributed by atoms with E-state index in [0.29, 0.717) is 19.1 Å². The van der Waals surface area contributed by atoms with E-state index in [4.69, 9.17) is 0 Å². The summed E-state index contributed by atoms with van der Waals surface area (Å²) in [6.07, 6.45) is 4.33. The van der Waals surface area contributed by atoms with Crippen molar-refractivity contribution in [1.82, 2.24) is 4.90 Å². The Balaban J connectivity index is 1.79. The number of hydrogen-bond donors (Lipinski definition) is 1. The third kappa shape index (κ3) is 2.52. The van der Waals surface area contributed by atoms with Gasteiger partial charge in [-0.1, -0.05) is 19.1 Å². The highest BCUT2D eigenvalue weighted by molar-refractivity contribution is 5.97. The quantitative estimate of drug-likeness (QED) is 0.915. The van der Waals surface area contributed by atoms with Gasteiger partial charge in [0.25, 0.3) is 0 Å². The largest absolute Gasteiger partial charge is 0.506 e. The zero-order valence-electron chi connectivity index (χ0n) is 12.0. The molecule has 1 saturated carbocycles. The van der Waals surface area contributed by atoms with Gasteiger partial charge in [-0.2, -0.15) is 0 Å². The molecule has 2 aliphatic rings. The van der Waals surface area contributed by atoms with Gasteiger partial charge >= 0.3 is 0 Å². The molecule has 3 rings (SSSR count). The number of hydrogen-bond acceptors (Lipinski definition) is 3. The first-order valence-corrected chi connectivity index (χ1v) is 7.56. The van der Waals surface area contributed by atoms with E-state index in [1.54, 1.807) is 11.0 Å². The van der Waals surface area contributed by atoms with E-state index in [1.807, 2.05) is 12.1 Å². The summed E-state index contributed by atoms with van der Waals surface area (Å²) in [5, 5.41) is 10.1. The second-order valence-electron chi connectivity index (χ2n) is 5.73. The highest BCUT2D eigenvalue weighted by Gasteiger charge is 2.32. The van der Waals surface area contributed by atoms with Gasteiger partial charge in [-0.15, -0.1) is 0 Å². The van der Waals surface area contributed by atoms with Gasteiger partial charge in [0.15, 0.2) is 0 Å². The number of aryl methyl sites for hydroxylation is 1. The Labute approximate surface area is 120 Å². The molecule has 20 heavy (non-hydrogen) atoms. The van der Waals surface area contributed by atoms with E-state index in [0.717, 1.165) is 30.6 Å². The maximum Gasteiger partial charge on any atom is 0.241 e. The predicted molar refractivity (Wildman–Crippen MR) is 79.0 cm³/mol. The van der Waals surface area contributed by atoms with Crippen LogP contribution >= 0.6 is 0 Å². The van der Waals surface area contributed by atoms with Crippen LogP contribution in [-0.2, 0) is 11.2 Å². The van der Waals surface area contributed by atoms with Crippen LogP contribution in [0, 0.1) is 0 Å². The van der Waals surface area contributed by atoms with E-state index in [-0.39, 0.29) is 11.7 Å². The van der Waals surface area contributed by atoms with Crippen molar-refractivity contribution in [2.24, 2.45) is 0 Å². The minimum Gasteiger partial charge on any atom is -0.506 e. The number of para-hydroxylation sites is 1. The molecule has 1 fully saturated rings. The number of phenols is 1. The molecule has 108 valence electrons. The highest BCUT2D eigenvalue weighted by atomic mass is 16.3. The van der Waals surface area contributed by atoms with Crippen molar-refractivity contribution in [2.45, 2.75) is 38.6 Å². The maximum atomic E-state index is 12.6. The summed E-state index contributed by atoms with van der Waals surface area (Å²) >= 11 is 0. The molecule has 0 spiro atoms. The molecule has 1 aromatic carbocycles. The normalized spacial score (nSPS) is 18.2. The number of nitrogens with zero attached hydrogens (tertiary/aromatic N) is 2. The standard InChI is InChI=1S/C16H22N2O2/c1-2-17(13-8-9-13)11-15(20)18-10-4-6-12-5-3-7-14(19)16(12)18/h3,5,7,13,19H,2,4,6,8-11H2,1H3. The molecule has 1 N–H and O–H groups in total. The van der Waals surface area contributed by atoms with Crippen LogP contribution in [0.15, 0.2) is 18.2 Å². The van der Waals surface area contributed by atoms with Crippen molar-refractivity contribution in [3.63, 3.8) is 0 Å². The Hall–Kier alpha value is -1.55. The van der Waals surface area contributed by atoms with E-state index >= 15 is 0 Å². The monoisotopic (exact) mass is 274 g/mol. The zero-order valence-corrected chi connectivity index (χ0v) is 12.0. The molecule has 0 saturated heterocycles. The summed E-state index contributed by atoms with van der Waals surface area (Å²) in [6, 6.07) is 6.12. The average Bonchev–Trinajstić information content (AvgIpc) is 3.29. The summed E-state index contributed by atoms with van der Waals surface area (Å²) in [5.41, 5.74) is 1.81. The van der Waals surface area contributed by atoms with Crippen LogP contribution in [0.25, 0.3) is 0 Å². The molecule has 1 aromatic rings. The molecule has 0 bridgehead atoms. The van der Waals surface area contributed by atoms with Gasteiger partial charge in [-0.25, -0.2) is 0 Å². The summed E-state index contributed by atoms with van der Waals surface area (Å²) < 4.78 is 0. The van der Waals surface area contributed by atoms with Gasteiger partial charge in [0.1, 0.15) is 5.75 Å². The van der Waals surface area contributed by atoms with Crippen LogP contribution < -0.4 is 4.90 Å². The minimum absolute atomic E-state index is 0.112. The highest BCUT2D eigenvalue weighted by Crippen LogP contribution is 2.35. The number of carbonyl (C=O) groups is 1. The minimum atomic E-state index is 0.112. The Morgan fingerprint density at radius 2 is 2.25 bits per heavy atom. The lowest BCUT2D eigenvalue weighted by Crippen LogP contribution is -2.43. The molecule has 1 amide bonds. The van der Waals surface area contributed by atoms with E-state index in [1.165, 1.54) is 12.8 Å². The Kier molecular flexibility index (Phi) is 3.66.